The van der Waals surface area contributed by atoms with Crippen LogP contribution in [0.3, 0.4) is 0 Å². The van der Waals surface area contributed by atoms with E-state index in [1.807, 2.05) is 6.07 Å². The van der Waals surface area contributed by atoms with E-state index in [1.54, 1.807) is 0 Å². The lowest BCUT2D eigenvalue weighted by Gasteiger charge is -2.19. The Hall–Kier alpha value is -2.58. The third-order valence-corrected chi connectivity index (χ3v) is 5.85. The van der Waals surface area contributed by atoms with Gasteiger partial charge in [-0.25, -0.2) is 0 Å². The lowest BCUT2D eigenvalue weighted by atomic mass is 10.0. The van der Waals surface area contributed by atoms with Gasteiger partial charge in [-0.2, -0.15) is 0 Å². The normalized spacial score (nSPS) is 14.2. The molecule has 150 valence electrons. The van der Waals surface area contributed by atoms with E-state index in [-0.39, 0.29) is 0 Å². The first-order chi connectivity index (χ1) is 14.4. The molecule has 0 bridgehead atoms. The second-order valence-electron chi connectivity index (χ2n) is 7.99. The van der Waals surface area contributed by atoms with E-state index >= 15 is 0 Å². The maximum Gasteiger partial charge on any atom is 0.120 e. The zero-order valence-corrected chi connectivity index (χ0v) is 17.2. The lowest BCUT2D eigenvalue weighted by molar-refractivity contribution is 0.281. The maximum atomic E-state index is 6.03. The molecule has 0 fully saturated rings. The first kappa shape index (κ1) is 19.7. The van der Waals surface area contributed by atoms with Gasteiger partial charge in [0, 0.05) is 13.1 Å². The van der Waals surface area contributed by atoms with Gasteiger partial charge in [0.25, 0.3) is 0 Å². The molecule has 0 aliphatic carbocycles. The largest absolute Gasteiger partial charge is 0.489 e. The Bertz CT molecular complexity index is 876. The zero-order chi connectivity index (χ0) is 19.7. The summed E-state index contributed by atoms with van der Waals surface area (Å²) in [7, 11) is 0. The minimum atomic E-state index is 0.632. The van der Waals surface area contributed by atoms with Crippen LogP contribution in [0, 0.1) is 0 Å². The van der Waals surface area contributed by atoms with Crippen molar-refractivity contribution >= 4 is 0 Å². The second kappa shape index (κ2) is 10.3. The summed E-state index contributed by atoms with van der Waals surface area (Å²) in [6, 6.07) is 27.9. The molecule has 0 saturated heterocycles. The predicted molar refractivity (Wildman–Crippen MR) is 120 cm³/mol. The molecule has 4 rings (SSSR count). The van der Waals surface area contributed by atoms with Crippen LogP contribution in [-0.4, -0.2) is 24.5 Å². The van der Waals surface area contributed by atoms with Crippen molar-refractivity contribution in [2.45, 2.75) is 38.7 Å². The fraction of sp³-hybridized carbons (Fsp3) is 0.333. The molecule has 0 aromatic heterocycles. The van der Waals surface area contributed by atoms with Crippen molar-refractivity contribution in [3.63, 3.8) is 0 Å². The highest BCUT2D eigenvalue weighted by molar-refractivity contribution is 5.37. The molecule has 0 atom stereocenters. The van der Waals surface area contributed by atoms with Gasteiger partial charge in [0.1, 0.15) is 12.4 Å². The van der Waals surface area contributed by atoms with E-state index in [2.05, 4.69) is 77.7 Å². The van der Waals surface area contributed by atoms with Crippen LogP contribution in [0.5, 0.6) is 5.75 Å². The van der Waals surface area contributed by atoms with Gasteiger partial charge in [0.2, 0.25) is 0 Å². The van der Waals surface area contributed by atoms with Gasteiger partial charge in [-0.1, -0.05) is 66.7 Å². The zero-order valence-electron chi connectivity index (χ0n) is 17.2. The fourth-order valence-corrected chi connectivity index (χ4v) is 4.11. The number of aryl methyl sites for hydroxylation is 1. The molecule has 0 saturated carbocycles. The molecule has 3 aromatic rings. The summed E-state index contributed by atoms with van der Waals surface area (Å²) in [4.78, 5) is 2.63. The van der Waals surface area contributed by atoms with Gasteiger partial charge in [-0.15, -0.1) is 0 Å². The van der Waals surface area contributed by atoms with Crippen LogP contribution in [0.25, 0.3) is 0 Å². The van der Waals surface area contributed by atoms with Gasteiger partial charge >= 0.3 is 0 Å². The monoisotopic (exact) mass is 385 g/mol. The SMILES string of the molecule is c1ccc(CCCCN2CCc3ccc(OCc4ccccc4)cc3CC2)cc1. The van der Waals surface area contributed by atoms with E-state index in [4.69, 9.17) is 4.74 Å². The molecule has 3 aromatic carbocycles. The van der Waals surface area contributed by atoms with Crippen molar-refractivity contribution in [3.05, 3.63) is 101 Å². The van der Waals surface area contributed by atoms with Crippen LogP contribution >= 0.6 is 0 Å². The summed E-state index contributed by atoms with van der Waals surface area (Å²) in [6.45, 7) is 4.16. The van der Waals surface area contributed by atoms with Crippen LogP contribution in [0.4, 0.5) is 0 Å². The summed E-state index contributed by atoms with van der Waals surface area (Å²) >= 11 is 0. The first-order valence-corrected chi connectivity index (χ1v) is 10.9. The Morgan fingerprint density at radius 3 is 2.14 bits per heavy atom. The highest BCUT2D eigenvalue weighted by Crippen LogP contribution is 2.23. The van der Waals surface area contributed by atoms with Crippen molar-refractivity contribution < 1.29 is 4.74 Å². The van der Waals surface area contributed by atoms with Crippen LogP contribution in [0.2, 0.25) is 0 Å². The molecular weight excluding hydrogens is 354 g/mol. The van der Waals surface area contributed by atoms with Gasteiger partial charge in [-0.05, 0) is 73.0 Å². The number of fused-ring (bicyclic) bond motifs is 1. The number of ether oxygens (including phenoxy) is 1. The molecular formula is C27H31NO. The minimum Gasteiger partial charge on any atom is -0.489 e. The molecule has 0 unspecified atom stereocenters. The molecule has 0 amide bonds. The Labute approximate surface area is 175 Å². The van der Waals surface area contributed by atoms with E-state index in [1.165, 1.54) is 54.6 Å². The van der Waals surface area contributed by atoms with Crippen molar-refractivity contribution in [1.82, 2.24) is 4.90 Å². The third-order valence-electron chi connectivity index (χ3n) is 5.85. The van der Waals surface area contributed by atoms with Crippen LogP contribution in [0.1, 0.15) is 35.1 Å². The van der Waals surface area contributed by atoms with Crippen molar-refractivity contribution in [2.75, 3.05) is 19.6 Å². The van der Waals surface area contributed by atoms with Gasteiger partial charge in [-0.3, -0.25) is 0 Å². The molecule has 2 heteroatoms. The number of benzene rings is 3. The van der Waals surface area contributed by atoms with E-state index in [9.17, 15) is 0 Å². The summed E-state index contributed by atoms with van der Waals surface area (Å²) in [5.41, 5.74) is 5.62. The number of rotatable bonds is 8. The molecule has 0 N–H and O–H groups in total. The summed E-state index contributed by atoms with van der Waals surface area (Å²) in [5.74, 6) is 0.990. The van der Waals surface area contributed by atoms with E-state index < -0.39 is 0 Å². The van der Waals surface area contributed by atoms with Gasteiger partial charge in [0.05, 0.1) is 0 Å². The average Bonchev–Trinajstić information content (AvgIpc) is 2.99. The quantitative estimate of drug-likeness (QED) is 0.462. The van der Waals surface area contributed by atoms with Crippen molar-refractivity contribution in [2.24, 2.45) is 0 Å². The maximum absolute atomic E-state index is 6.03. The summed E-state index contributed by atoms with van der Waals surface area (Å²) < 4.78 is 6.03. The summed E-state index contributed by atoms with van der Waals surface area (Å²) in [5, 5.41) is 0. The van der Waals surface area contributed by atoms with E-state index in [0.29, 0.717) is 6.61 Å². The van der Waals surface area contributed by atoms with E-state index in [0.717, 1.165) is 25.1 Å². The number of hydrogen-bond donors (Lipinski definition) is 0. The molecule has 1 heterocycles. The molecule has 1 aliphatic rings. The predicted octanol–water partition coefficient (Wildman–Crippen LogP) is 5.69. The third kappa shape index (κ3) is 5.95. The van der Waals surface area contributed by atoms with Gasteiger partial charge in [0.15, 0.2) is 0 Å². The topological polar surface area (TPSA) is 12.5 Å². The number of unbranched alkanes of at least 4 members (excludes halogenated alkanes) is 1. The van der Waals surface area contributed by atoms with Crippen molar-refractivity contribution in [1.29, 1.82) is 0 Å². The average molecular weight is 386 g/mol. The Morgan fingerprint density at radius 1 is 0.690 bits per heavy atom. The first-order valence-electron chi connectivity index (χ1n) is 10.9. The van der Waals surface area contributed by atoms with Crippen molar-refractivity contribution in [3.8, 4) is 5.75 Å². The van der Waals surface area contributed by atoms with Crippen LogP contribution < -0.4 is 4.74 Å². The number of hydrogen-bond acceptors (Lipinski definition) is 2. The molecule has 0 spiro atoms. The van der Waals surface area contributed by atoms with Gasteiger partial charge < -0.3 is 9.64 Å². The highest BCUT2D eigenvalue weighted by atomic mass is 16.5. The standard InChI is InChI=1S/C27H31NO/c1-3-9-23(10-4-1)11-7-8-18-28-19-16-25-14-15-27(21-26(25)17-20-28)29-22-24-12-5-2-6-13-24/h1-6,9-10,12-15,21H,7-8,11,16-20,22H2. The van der Waals surface area contributed by atoms with Crippen LogP contribution in [0.15, 0.2) is 78.9 Å². The number of nitrogens with zero attached hydrogens (tertiary/aromatic N) is 1. The molecule has 29 heavy (non-hydrogen) atoms. The Balaban J connectivity index is 1.24. The van der Waals surface area contributed by atoms with Crippen LogP contribution in [-0.2, 0) is 25.9 Å². The molecule has 2 nitrogen and oxygen atoms in total. The Morgan fingerprint density at radius 2 is 1.38 bits per heavy atom. The minimum absolute atomic E-state index is 0.632. The fourth-order valence-electron chi connectivity index (χ4n) is 4.11. The highest BCUT2D eigenvalue weighted by Gasteiger charge is 2.14. The smallest absolute Gasteiger partial charge is 0.120 e. The summed E-state index contributed by atoms with van der Waals surface area (Å²) in [6.07, 6.45) is 6.00. The lowest BCUT2D eigenvalue weighted by Crippen LogP contribution is -2.27. The molecule has 0 radical (unpaired) electrons. The Kier molecular flexibility index (Phi) is 6.98. The molecule has 1 aliphatic heterocycles. The second-order valence-corrected chi connectivity index (χ2v) is 7.99.